The third-order valence-electron chi connectivity index (χ3n) is 3.92. The van der Waals surface area contributed by atoms with Gasteiger partial charge in [0.2, 0.25) is 5.91 Å². The van der Waals surface area contributed by atoms with Crippen LogP contribution in [0.15, 0.2) is 6.07 Å². The number of hydrogen-bond donors (Lipinski definition) is 2. The Hall–Kier alpha value is -1.32. The minimum atomic E-state index is 0.0973. The van der Waals surface area contributed by atoms with Gasteiger partial charge in [0.1, 0.15) is 0 Å². The van der Waals surface area contributed by atoms with E-state index in [1.54, 1.807) is 0 Å². The molecule has 2 N–H and O–H groups in total. The van der Waals surface area contributed by atoms with Crippen molar-refractivity contribution in [3.05, 3.63) is 11.8 Å². The normalized spacial score (nSPS) is 16.5. The van der Waals surface area contributed by atoms with Gasteiger partial charge in [-0.25, -0.2) is 0 Å². The number of aryl methyl sites for hydroxylation is 1. The Kier molecular flexibility index (Phi) is 5.43. The summed E-state index contributed by atoms with van der Waals surface area (Å²) in [5, 5.41) is 9.94. The minimum Gasteiger partial charge on any atom is -0.309 e. The van der Waals surface area contributed by atoms with Crippen LogP contribution in [0, 0.1) is 5.92 Å². The maximum Gasteiger partial charge on any atom is 0.225 e. The van der Waals surface area contributed by atoms with Crippen LogP contribution in [0.2, 0.25) is 0 Å². The summed E-state index contributed by atoms with van der Waals surface area (Å²) in [5.74, 6) is 1.52. The number of amides is 1. The van der Waals surface area contributed by atoms with Crippen molar-refractivity contribution in [2.24, 2.45) is 5.92 Å². The van der Waals surface area contributed by atoms with E-state index < -0.39 is 0 Å². The van der Waals surface area contributed by atoms with Gasteiger partial charge in [-0.15, -0.1) is 0 Å². The molecule has 0 radical (unpaired) electrons. The molecule has 4 nitrogen and oxygen atoms in total. The molecule has 0 aliphatic heterocycles. The molecule has 0 unspecified atom stereocenters. The Bertz CT molecular complexity index is 394. The average molecular weight is 263 g/mol. The summed E-state index contributed by atoms with van der Waals surface area (Å²) in [6, 6.07) is 1.93. The Morgan fingerprint density at radius 2 is 2.21 bits per heavy atom. The van der Waals surface area contributed by atoms with Gasteiger partial charge in [0, 0.05) is 18.2 Å². The Labute approximate surface area is 115 Å². The second-order valence-electron chi connectivity index (χ2n) is 5.62. The smallest absolute Gasteiger partial charge is 0.225 e. The van der Waals surface area contributed by atoms with E-state index in [1.807, 2.05) is 6.07 Å². The van der Waals surface area contributed by atoms with Crippen LogP contribution in [0.25, 0.3) is 0 Å². The number of rotatable bonds is 6. The zero-order chi connectivity index (χ0) is 13.5. The van der Waals surface area contributed by atoms with Crippen molar-refractivity contribution < 1.29 is 4.79 Å². The van der Waals surface area contributed by atoms with Crippen LogP contribution in [-0.2, 0) is 11.2 Å². The molecule has 1 aromatic rings. The molecule has 19 heavy (non-hydrogen) atoms. The van der Waals surface area contributed by atoms with Crippen LogP contribution in [-0.4, -0.2) is 16.1 Å². The Morgan fingerprint density at radius 1 is 1.42 bits per heavy atom. The molecule has 1 saturated carbocycles. The zero-order valence-electron chi connectivity index (χ0n) is 11.9. The molecule has 106 valence electrons. The molecule has 0 atom stereocenters. The maximum atomic E-state index is 11.9. The van der Waals surface area contributed by atoms with Gasteiger partial charge in [-0.2, -0.15) is 5.10 Å². The summed E-state index contributed by atoms with van der Waals surface area (Å²) in [5.41, 5.74) is 1.09. The Morgan fingerprint density at radius 3 is 2.95 bits per heavy atom. The quantitative estimate of drug-likeness (QED) is 0.823. The predicted molar refractivity (Wildman–Crippen MR) is 77.0 cm³/mol. The molecule has 1 amide bonds. The lowest BCUT2D eigenvalue weighted by atomic mass is 9.86. The molecular weight excluding hydrogens is 238 g/mol. The van der Waals surface area contributed by atoms with Gasteiger partial charge in [-0.05, 0) is 18.8 Å². The van der Waals surface area contributed by atoms with E-state index in [-0.39, 0.29) is 5.91 Å². The number of carbonyl (C=O) groups excluding carboxylic acids is 1. The van der Waals surface area contributed by atoms with Gasteiger partial charge in [0.25, 0.3) is 0 Å². The van der Waals surface area contributed by atoms with E-state index in [4.69, 9.17) is 0 Å². The van der Waals surface area contributed by atoms with Crippen molar-refractivity contribution in [3.63, 3.8) is 0 Å². The first-order valence-electron chi connectivity index (χ1n) is 7.62. The average Bonchev–Trinajstić information content (AvgIpc) is 2.85. The number of anilines is 1. The number of H-pyrrole nitrogens is 1. The van der Waals surface area contributed by atoms with Crippen molar-refractivity contribution in [2.45, 2.75) is 64.7 Å². The van der Waals surface area contributed by atoms with Gasteiger partial charge >= 0.3 is 0 Å². The highest BCUT2D eigenvalue weighted by molar-refractivity contribution is 5.89. The van der Waals surface area contributed by atoms with E-state index in [0.29, 0.717) is 12.2 Å². The molecule has 0 saturated heterocycles. The molecule has 2 rings (SSSR count). The standard InChI is InChI=1S/C15H25N3O/c1-2-6-13-11-14(18-17-13)16-15(19)10-9-12-7-4-3-5-8-12/h11-12H,2-10H2,1H3,(H2,16,17,18,19). The fraction of sp³-hybridized carbons (Fsp3) is 0.733. The first-order chi connectivity index (χ1) is 9.28. The van der Waals surface area contributed by atoms with E-state index in [0.717, 1.165) is 30.9 Å². The maximum absolute atomic E-state index is 11.9. The number of hydrogen-bond acceptors (Lipinski definition) is 2. The van der Waals surface area contributed by atoms with Crippen molar-refractivity contribution in [3.8, 4) is 0 Å². The Balaban J connectivity index is 1.70. The first kappa shape index (κ1) is 14.1. The third kappa shape index (κ3) is 4.69. The molecule has 1 aliphatic carbocycles. The molecule has 1 aliphatic rings. The van der Waals surface area contributed by atoms with E-state index >= 15 is 0 Å². The molecule has 0 aromatic carbocycles. The summed E-state index contributed by atoms with van der Waals surface area (Å²) >= 11 is 0. The second-order valence-corrected chi connectivity index (χ2v) is 5.62. The molecule has 0 bridgehead atoms. The summed E-state index contributed by atoms with van der Waals surface area (Å²) in [6.45, 7) is 2.13. The zero-order valence-corrected chi connectivity index (χ0v) is 11.9. The van der Waals surface area contributed by atoms with Gasteiger partial charge in [-0.3, -0.25) is 9.89 Å². The van der Waals surface area contributed by atoms with Crippen molar-refractivity contribution in [2.75, 3.05) is 5.32 Å². The number of carbonyl (C=O) groups is 1. The first-order valence-corrected chi connectivity index (χ1v) is 7.62. The molecular formula is C15H25N3O. The lowest BCUT2D eigenvalue weighted by Gasteiger charge is -2.20. The number of nitrogens with one attached hydrogen (secondary N) is 2. The van der Waals surface area contributed by atoms with Crippen LogP contribution < -0.4 is 5.32 Å². The summed E-state index contributed by atoms with van der Waals surface area (Å²) in [6.07, 6.45) is 10.4. The van der Waals surface area contributed by atoms with E-state index in [9.17, 15) is 4.79 Å². The molecule has 4 heteroatoms. The largest absolute Gasteiger partial charge is 0.309 e. The number of aromatic nitrogens is 2. The van der Waals surface area contributed by atoms with Crippen LogP contribution >= 0.6 is 0 Å². The van der Waals surface area contributed by atoms with Gasteiger partial charge in [0.05, 0.1) is 0 Å². The highest BCUT2D eigenvalue weighted by Gasteiger charge is 2.15. The van der Waals surface area contributed by atoms with Crippen molar-refractivity contribution in [1.29, 1.82) is 0 Å². The van der Waals surface area contributed by atoms with Gasteiger partial charge in [0.15, 0.2) is 5.82 Å². The summed E-state index contributed by atoms with van der Waals surface area (Å²) < 4.78 is 0. The van der Waals surface area contributed by atoms with Crippen LogP contribution in [0.5, 0.6) is 0 Å². The minimum absolute atomic E-state index is 0.0973. The predicted octanol–water partition coefficient (Wildman–Crippen LogP) is 3.66. The summed E-state index contributed by atoms with van der Waals surface area (Å²) in [4.78, 5) is 11.9. The third-order valence-corrected chi connectivity index (χ3v) is 3.92. The van der Waals surface area contributed by atoms with Crippen molar-refractivity contribution in [1.82, 2.24) is 10.2 Å². The fourth-order valence-electron chi connectivity index (χ4n) is 2.84. The van der Waals surface area contributed by atoms with Crippen molar-refractivity contribution >= 4 is 11.7 Å². The van der Waals surface area contributed by atoms with Gasteiger partial charge < -0.3 is 5.32 Å². The monoisotopic (exact) mass is 263 g/mol. The fourth-order valence-corrected chi connectivity index (χ4v) is 2.84. The van der Waals surface area contributed by atoms with E-state index in [2.05, 4.69) is 22.4 Å². The molecule has 0 spiro atoms. The molecule has 1 aromatic heterocycles. The molecule has 1 fully saturated rings. The van der Waals surface area contributed by atoms with Gasteiger partial charge in [-0.1, -0.05) is 45.4 Å². The highest BCUT2D eigenvalue weighted by atomic mass is 16.1. The topological polar surface area (TPSA) is 57.8 Å². The lowest BCUT2D eigenvalue weighted by Crippen LogP contribution is -2.15. The molecule has 1 heterocycles. The summed E-state index contributed by atoms with van der Waals surface area (Å²) in [7, 11) is 0. The van der Waals surface area contributed by atoms with E-state index in [1.165, 1.54) is 32.1 Å². The number of aromatic amines is 1. The number of nitrogens with zero attached hydrogens (tertiary/aromatic N) is 1. The second kappa shape index (κ2) is 7.31. The van der Waals surface area contributed by atoms with Crippen LogP contribution in [0.4, 0.5) is 5.82 Å². The lowest BCUT2D eigenvalue weighted by molar-refractivity contribution is -0.116. The SMILES string of the molecule is CCCc1cc(NC(=O)CCC2CCCCC2)n[nH]1. The van der Waals surface area contributed by atoms with Crippen LogP contribution in [0.3, 0.4) is 0 Å². The van der Waals surface area contributed by atoms with Crippen LogP contribution in [0.1, 0.15) is 64.0 Å². The highest BCUT2D eigenvalue weighted by Crippen LogP contribution is 2.27.